The topological polar surface area (TPSA) is 110 Å². The molecule has 9 nitrogen and oxygen atoms in total. The zero-order valence-electron chi connectivity index (χ0n) is 19.4. The Morgan fingerprint density at radius 3 is 2.57 bits per heavy atom. The lowest BCUT2D eigenvalue weighted by atomic mass is 10.1. The molecule has 2 amide bonds. The maximum atomic E-state index is 13.6. The molecule has 1 aliphatic rings. The van der Waals surface area contributed by atoms with Gasteiger partial charge in [0.25, 0.3) is 11.8 Å². The number of rotatable bonds is 10. The quantitative estimate of drug-likeness (QED) is 0.459. The van der Waals surface area contributed by atoms with Crippen molar-refractivity contribution in [3.8, 4) is 17.2 Å². The molecule has 3 aromatic rings. The largest absolute Gasteiger partial charge is 0.497 e. The lowest BCUT2D eigenvalue weighted by Gasteiger charge is -2.34. The molecule has 184 valence electrons. The number of carbonyl (C=O) groups excluding carboxylic acids is 2. The van der Waals surface area contributed by atoms with Gasteiger partial charge in [0.15, 0.2) is 17.5 Å². The number of hydrogen-bond donors (Lipinski definition) is 2. The Kier molecular flexibility index (Phi) is 7.89. The first-order chi connectivity index (χ1) is 17.1. The second-order valence-corrected chi connectivity index (χ2v) is 7.96. The fourth-order valence-electron chi connectivity index (χ4n) is 3.83. The minimum atomic E-state index is -1.05. The van der Waals surface area contributed by atoms with Gasteiger partial charge >= 0.3 is 0 Å². The van der Waals surface area contributed by atoms with Crippen LogP contribution in [-0.2, 0) is 16.1 Å². The third-order valence-corrected chi connectivity index (χ3v) is 5.62. The molecule has 4 rings (SSSR count). The number of benzene rings is 2. The number of fused-ring (bicyclic) bond motifs is 1. The molecular weight excluding hydrogens is 452 g/mol. The SMILES string of the molecule is COc1ccc(CNC(=O)[C@H](c2ccco2)N(CCCO)C(=O)[C@H]2COc3ccccc3O2)cc1. The van der Waals surface area contributed by atoms with Gasteiger partial charge in [0.05, 0.1) is 13.4 Å². The van der Waals surface area contributed by atoms with E-state index in [4.69, 9.17) is 18.6 Å². The van der Waals surface area contributed by atoms with E-state index < -0.39 is 24.0 Å². The van der Waals surface area contributed by atoms with E-state index in [9.17, 15) is 14.7 Å². The third kappa shape index (κ3) is 5.75. The fraction of sp³-hybridized carbons (Fsp3) is 0.308. The zero-order valence-corrected chi connectivity index (χ0v) is 19.4. The first-order valence-corrected chi connectivity index (χ1v) is 11.3. The molecule has 2 heterocycles. The minimum Gasteiger partial charge on any atom is -0.497 e. The Morgan fingerprint density at radius 1 is 1.11 bits per heavy atom. The molecule has 35 heavy (non-hydrogen) atoms. The van der Waals surface area contributed by atoms with E-state index in [1.807, 2.05) is 18.2 Å². The number of aliphatic hydroxyl groups is 1. The lowest BCUT2D eigenvalue weighted by molar-refractivity contribution is -0.149. The number of nitrogens with zero attached hydrogens (tertiary/aromatic N) is 1. The van der Waals surface area contributed by atoms with Crippen LogP contribution in [0.4, 0.5) is 0 Å². The Balaban J connectivity index is 1.55. The van der Waals surface area contributed by atoms with Crippen LogP contribution >= 0.6 is 0 Å². The van der Waals surface area contributed by atoms with Crippen molar-refractivity contribution >= 4 is 11.8 Å². The van der Waals surface area contributed by atoms with Crippen molar-refractivity contribution < 1.29 is 33.3 Å². The Morgan fingerprint density at radius 2 is 1.89 bits per heavy atom. The highest BCUT2D eigenvalue weighted by Crippen LogP contribution is 2.32. The van der Waals surface area contributed by atoms with Gasteiger partial charge in [-0.2, -0.15) is 0 Å². The average molecular weight is 481 g/mol. The number of aliphatic hydroxyl groups excluding tert-OH is 1. The Hall–Kier alpha value is -3.98. The predicted octanol–water partition coefficient (Wildman–Crippen LogP) is 2.70. The molecule has 1 aromatic heterocycles. The summed E-state index contributed by atoms with van der Waals surface area (Å²) < 4.78 is 22.3. The van der Waals surface area contributed by atoms with Crippen LogP contribution in [0.2, 0.25) is 0 Å². The summed E-state index contributed by atoms with van der Waals surface area (Å²) in [4.78, 5) is 28.4. The molecule has 9 heteroatoms. The van der Waals surface area contributed by atoms with Gasteiger partial charge in [-0.25, -0.2) is 0 Å². The van der Waals surface area contributed by atoms with E-state index in [1.165, 1.54) is 11.2 Å². The molecule has 0 aliphatic carbocycles. The highest BCUT2D eigenvalue weighted by atomic mass is 16.6. The molecule has 0 saturated carbocycles. The summed E-state index contributed by atoms with van der Waals surface area (Å²) >= 11 is 0. The van der Waals surface area contributed by atoms with Gasteiger partial charge < -0.3 is 34.0 Å². The first kappa shape index (κ1) is 24.2. The summed E-state index contributed by atoms with van der Waals surface area (Å²) in [5.74, 6) is 1.18. The minimum absolute atomic E-state index is 0.00378. The summed E-state index contributed by atoms with van der Waals surface area (Å²) in [6.07, 6.45) is 0.777. The van der Waals surface area contributed by atoms with Crippen LogP contribution in [0.1, 0.15) is 23.8 Å². The molecule has 0 unspecified atom stereocenters. The van der Waals surface area contributed by atoms with Gasteiger partial charge in [0, 0.05) is 19.7 Å². The lowest BCUT2D eigenvalue weighted by Crippen LogP contribution is -2.51. The van der Waals surface area contributed by atoms with Gasteiger partial charge in [0.1, 0.15) is 18.1 Å². The van der Waals surface area contributed by atoms with Crippen molar-refractivity contribution in [2.24, 2.45) is 0 Å². The maximum Gasteiger partial charge on any atom is 0.268 e. The number of furan rings is 1. The summed E-state index contributed by atoms with van der Waals surface area (Å²) in [5, 5.41) is 12.3. The van der Waals surface area contributed by atoms with Crippen molar-refractivity contribution in [1.82, 2.24) is 10.2 Å². The molecular formula is C26H28N2O7. The first-order valence-electron chi connectivity index (χ1n) is 11.3. The standard InChI is InChI=1S/C26H28N2O7/c1-32-19-11-9-18(10-12-19)16-27-25(30)24(22-8-4-15-33-22)28(13-5-14-29)26(31)23-17-34-20-6-2-3-7-21(20)35-23/h2-4,6-12,15,23-24,29H,5,13-14,16-17H2,1H3,(H,27,30)/t23-,24+/m1/s1. The fourth-order valence-corrected chi connectivity index (χ4v) is 3.83. The van der Waals surface area contributed by atoms with Crippen molar-refractivity contribution in [3.05, 3.63) is 78.3 Å². The van der Waals surface area contributed by atoms with Gasteiger partial charge in [-0.1, -0.05) is 24.3 Å². The summed E-state index contributed by atoms with van der Waals surface area (Å²) in [7, 11) is 1.59. The Labute approximate surface area is 203 Å². The van der Waals surface area contributed by atoms with Gasteiger partial charge in [-0.3, -0.25) is 9.59 Å². The van der Waals surface area contributed by atoms with E-state index in [2.05, 4.69) is 5.32 Å². The normalized spacial score (nSPS) is 15.2. The number of carbonyl (C=O) groups is 2. The molecule has 0 spiro atoms. The van der Waals surface area contributed by atoms with E-state index in [0.29, 0.717) is 23.0 Å². The molecule has 2 N–H and O–H groups in total. The van der Waals surface area contributed by atoms with Crippen molar-refractivity contribution in [2.45, 2.75) is 25.1 Å². The molecule has 0 fully saturated rings. The van der Waals surface area contributed by atoms with Crippen LogP contribution in [0.25, 0.3) is 0 Å². The van der Waals surface area contributed by atoms with Gasteiger partial charge in [-0.15, -0.1) is 0 Å². The predicted molar refractivity (Wildman–Crippen MR) is 126 cm³/mol. The second-order valence-electron chi connectivity index (χ2n) is 7.96. The monoisotopic (exact) mass is 480 g/mol. The van der Waals surface area contributed by atoms with Crippen molar-refractivity contribution in [2.75, 3.05) is 26.9 Å². The molecule has 0 radical (unpaired) electrons. The number of ether oxygens (including phenoxy) is 3. The molecule has 0 bridgehead atoms. The average Bonchev–Trinajstić information content (AvgIpc) is 3.43. The zero-order chi connectivity index (χ0) is 24.6. The summed E-state index contributed by atoms with van der Waals surface area (Å²) in [5.41, 5.74) is 0.867. The molecule has 2 aromatic carbocycles. The second kappa shape index (κ2) is 11.4. The van der Waals surface area contributed by atoms with Crippen molar-refractivity contribution in [1.29, 1.82) is 0 Å². The number of hydrogen-bond acceptors (Lipinski definition) is 7. The number of methoxy groups -OCH3 is 1. The Bertz CT molecular complexity index is 1110. The van der Waals surface area contributed by atoms with Crippen LogP contribution in [0, 0.1) is 0 Å². The van der Waals surface area contributed by atoms with Crippen LogP contribution in [-0.4, -0.2) is 54.8 Å². The van der Waals surface area contributed by atoms with E-state index in [0.717, 1.165) is 5.56 Å². The van der Waals surface area contributed by atoms with Gasteiger partial charge in [0.2, 0.25) is 6.10 Å². The van der Waals surface area contributed by atoms with E-state index >= 15 is 0 Å². The van der Waals surface area contributed by atoms with Crippen LogP contribution in [0.3, 0.4) is 0 Å². The molecule has 1 aliphatic heterocycles. The van der Waals surface area contributed by atoms with E-state index in [1.54, 1.807) is 49.6 Å². The highest BCUT2D eigenvalue weighted by Gasteiger charge is 2.39. The van der Waals surface area contributed by atoms with Gasteiger partial charge in [-0.05, 0) is 48.4 Å². The van der Waals surface area contributed by atoms with Crippen molar-refractivity contribution in [3.63, 3.8) is 0 Å². The molecule has 0 saturated heterocycles. The number of nitrogens with one attached hydrogen (secondary N) is 1. The maximum absolute atomic E-state index is 13.6. The van der Waals surface area contributed by atoms with Crippen LogP contribution in [0.5, 0.6) is 17.2 Å². The smallest absolute Gasteiger partial charge is 0.268 e. The highest BCUT2D eigenvalue weighted by molar-refractivity contribution is 5.90. The van der Waals surface area contributed by atoms with Crippen LogP contribution < -0.4 is 19.5 Å². The number of para-hydroxylation sites is 2. The summed E-state index contributed by atoms with van der Waals surface area (Å²) in [6, 6.07) is 16.6. The number of amides is 2. The third-order valence-electron chi connectivity index (χ3n) is 5.62. The van der Waals surface area contributed by atoms with E-state index in [-0.39, 0.29) is 32.7 Å². The molecule has 2 atom stereocenters. The summed E-state index contributed by atoms with van der Waals surface area (Å²) in [6.45, 7) is 0.230. The van der Waals surface area contributed by atoms with Crippen LogP contribution in [0.15, 0.2) is 71.3 Å².